The summed E-state index contributed by atoms with van der Waals surface area (Å²) in [6.07, 6.45) is 9.65. The molecule has 0 aliphatic heterocycles. The van der Waals surface area contributed by atoms with E-state index in [-0.39, 0.29) is 5.41 Å². The summed E-state index contributed by atoms with van der Waals surface area (Å²) in [5.41, 5.74) is 4.12. The molecule has 30 heavy (non-hydrogen) atoms. The van der Waals surface area contributed by atoms with E-state index in [1.54, 1.807) is 35.3 Å². The normalized spacial score (nSPS) is 14.1. The number of carbonyl (C=O) groups excluding carboxylic acids is 1. The summed E-state index contributed by atoms with van der Waals surface area (Å²) in [6.45, 7) is 4.49. The molecule has 0 fully saturated rings. The molecule has 4 aromatic rings. The van der Waals surface area contributed by atoms with Crippen LogP contribution < -0.4 is 5.32 Å². The van der Waals surface area contributed by atoms with Gasteiger partial charge < -0.3 is 5.32 Å². The van der Waals surface area contributed by atoms with Crippen molar-refractivity contribution in [1.29, 1.82) is 0 Å². The summed E-state index contributed by atoms with van der Waals surface area (Å²) in [4.78, 5) is 18.6. The fourth-order valence-corrected chi connectivity index (χ4v) is 3.98. The van der Waals surface area contributed by atoms with Gasteiger partial charge in [0.25, 0.3) is 0 Å². The van der Waals surface area contributed by atoms with E-state index in [1.165, 1.54) is 17.5 Å². The fraction of sp³-hybridized carbons (Fsp3) is 0.250. The first kappa shape index (κ1) is 20.3. The zero-order valence-corrected chi connectivity index (χ0v) is 17.9. The van der Waals surface area contributed by atoms with E-state index in [1.807, 2.05) is 10.7 Å². The van der Waals surface area contributed by atoms with Gasteiger partial charge in [0.1, 0.15) is 0 Å². The van der Waals surface area contributed by atoms with Crippen molar-refractivity contribution >= 4 is 40.9 Å². The Bertz CT molecular complexity index is 1200. The van der Waals surface area contributed by atoms with Crippen LogP contribution >= 0.6 is 23.2 Å². The number of halogens is 2. The monoisotopic (exact) mass is 443 g/mol. The van der Waals surface area contributed by atoms with Crippen molar-refractivity contribution in [2.75, 3.05) is 5.32 Å². The number of fused-ring (bicyclic) bond motifs is 3. The molecule has 0 bridgehead atoms. The van der Waals surface area contributed by atoms with Crippen LogP contribution in [-0.2, 0) is 16.6 Å². The van der Waals surface area contributed by atoms with Gasteiger partial charge in [-0.2, -0.15) is 10.2 Å². The van der Waals surface area contributed by atoms with Crippen molar-refractivity contribution in [3.63, 3.8) is 0 Å². The van der Waals surface area contributed by atoms with Gasteiger partial charge in [-0.1, -0.05) is 37.0 Å². The van der Waals surface area contributed by atoms with Gasteiger partial charge in [0.2, 0.25) is 6.41 Å². The number of aromatic nitrogens is 6. The lowest BCUT2D eigenvalue weighted by atomic mass is 9.91. The minimum absolute atomic E-state index is 0.172. The minimum Gasteiger partial charge on any atom is -0.327 e. The van der Waals surface area contributed by atoms with E-state index in [2.05, 4.69) is 39.3 Å². The number of carbonyl (C=O) groups is 1. The van der Waals surface area contributed by atoms with Gasteiger partial charge >= 0.3 is 0 Å². The van der Waals surface area contributed by atoms with E-state index >= 15 is 0 Å². The molecular formula is C20H19Cl2N7O. The van der Waals surface area contributed by atoms with Gasteiger partial charge in [-0.15, -0.1) is 0 Å². The maximum absolute atomic E-state index is 10.2. The van der Waals surface area contributed by atoms with Crippen molar-refractivity contribution in [3.05, 3.63) is 64.4 Å². The van der Waals surface area contributed by atoms with Crippen molar-refractivity contribution in [1.82, 2.24) is 29.4 Å². The van der Waals surface area contributed by atoms with E-state index in [4.69, 9.17) is 23.2 Å². The zero-order valence-electron chi connectivity index (χ0n) is 16.4. The summed E-state index contributed by atoms with van der Waals surface area (Å²) in [7, 11) is 0. The maximum Gasteiger partial charge on any atom is 0.211 e. The lowest BCUT2D eigenvalue weighted by Crippen LogP contribution is -2.17. The number of hydrogen-bond donors (Lipinski definition) is 1. The second-order valence-electron chi connectivity index (χ2n) is 7.50. The maximum atomic E-state index is 10.2. The van der Waals surface area contributed by atoms with Crippen LogP contribution in [0.2, 0.25) is 10.2 Å². The fourth-order valence-electron chi connectivity index (χ4n) is 3.55. The summed E-state index contributed by atoms with van der Waals surface area (Å²) >= 11 is 11.9. The van der Waals surface area contributed by atoms with E-state index < -0.39 is 0 Å². The average Bonchev–Trinajstić information content (AvgIpc) is 3.41. The van der Waals surface area contributed by atoms with Crippen LogP contribution in [0.5, 0.6) is 0 Å². The number of amides is 1. The van der Waals surface area contributed by atoms with Gasteiger partial charge in [-0.25, -0.2) is 19.2 Å². The van der Waals surface area contributed by atoms with Crippen LogP contribution in [0.4, 0.5) is 5.69 Å². The van der Waals surface area contributed by atoms with E-state index in [9.17, 15) is 4.79 Å². The molecule has 5 rings (SSSR count). The van der Waals surface area contributed by atoms with Crippen LogP contribution in [0.1, 0.15) is 31.5 Å². The lowest BCUT2D eigenvalue weighted by molar-refractivity contribution is -0.105. The molecule has 1 aliphatic carbocycles. The smallest absolute Gasteiger partial charge is 0.211 e. The molecule has 0 saturated carbocycles. The Morgan fingerprint density at radius 3 is 2.73 bits per heavy atom. The molecule has 0 saturated heterocycles. The van der Waals surface area contributed by atoms with Crippen LogP contribution in [0, 0.1) is 0 Å². The third kappa shape index (κ3) is 3.88. The molecule has 1 N–H and O–H groups in total. The second kappa shape index (κ2) is 8.04. The van der Waals surface area contributed by atoms with Crippen molar-refractivity contribution in [2.45, 2.75) is 32.1 Å². The van der Waals surface area contributed by atoms with Gasteiger partial charge in [-0.3, -0.25) is 4.79 Å². The van der Waals surface area contributed by atoms with Gasteiger partial charge in [0.15, 0.2) is 16.6 Å². The third-order valence-corrected chi connectivity index (χ3v) is 5.42. The largest absolute Gasteiger partial charge is 0.327 e. The van der Waals surface area contributed by atoms with Crippen LogP contribution in [0.25, 0.3) is 11.5 Å². The van der Waals surface area contributed by atoms with Crippen molar-refractivity contribution in [3.8, 4) is 5.82 Å². The summed E-state index contributed by atoms with van der Waals surface area (Å²) in [5.74, 6) is 0.526. The number of pyridine rings is 1. The highest BCUT2D eigenvalue weighted by atomic mass is 35.5. The molecule has 0 atom stereocenters. The number of anilines is 1. The number of rotatable bonds is 3. The minimum atomic E-state index is 0.172. The van der Waals surface area contributed by atoms with Crippen LogP contribution in [-0.4, -0.2) is 35.8 Å². The third-order valence-electron chi connectivity index (χ3n) is 4.96. The highest BCUT2D eigenvalue weighted by Crippen LogP contribution is 2.37. The first-order chi connectivity index (χ1) is 14.4. The molecule has 1 aliphatic rings. The van der Waals surface area contributed by atoms with Gasteiger partial charge in [0.05, 0.1) is 22.6 Å². The molecule has 1 amide bonds. The quantitative estimate of drug-likeness (QED) is 0.481. The Morgan fingerprint density at radius 1 is 1.20 bits per heavy atom. The SMILES string of the molecule is CC1(C)CCc2cnc3cc(Cl)nn3c21.O=CNc1cnc(-n2cccn2)c(Cl)c1. The Morgan fingerprint density at radius 2 is 2.03 bits per heavy atom. The standard InChI is InChI=1S/C11H12ClN3.C9H7ClN4O/c1-11(2)4-3-7-6-13-9-5-8(12)14-15(9)10(7)11;10-8-4-7(12-6-15)5-11-9(8)14-3-1-2-13-14/h5-6H,3-4H2,1-2H3;1-6H,(H,12,15). The first-order valence-electron chi connectivity index (χ1n) is 9.28. The molecule has 4 heterocycles. The molecule has 0 unspecified atom stereocenters. The molecule has 10 heteroatoms. The summed E-state index contributed by atoms with van der Waals surface area (Å²) < 4.78 is 3.44. The first-order valence-corrected chi connectivity index (χ1v) is 10.0. The van der Waals surface area contributed by atoms with E-state index in [0.29, 0.717) is 28.1 Å². The van der Waals surface area contributed by atoms with Gasteiger partial charge in [-0.05, 0) is 30.5 Å². The highest BCUT2D eigenvalue weighted by molar-refractivity contribution is 6.32. The summed E-state index contributed by atoms with van der Waals surface area (Å²) in [5, 5.41) is 11.7. The van der Waals surface area contributed by atoms with Crippen LogP contribution in [0.3, 0.4) is 0 Å². The second-order valence-corrected chi connectivity index (χ2v) is 8.29. The lowest BCUT2D eigenvalue weighted by Gasteiger charge is -2.19. The predicted octanol–water partition coefficient (Wildman–Crippen LogP) is 4.10. The zero-order chi connectivity index (χ0) is 21.3. The molecular weight excluding hydrogens is 425 g/mol. The number of hydrogen-bond acceptors (Lipinski definition) is 5. The van der Waals surface area contributed by atoms with E-state index in [0.717, 1.165) is 18.5 Å². The Hall–Kier alpha value is -2.97. The van der Waals surface area contributed by atoms with Crippen molar-refractivity contribution < 1.29 is 4.79 Å². The predicted molar refractivity (Wildman–Crippen MR) is 115 cm³/mol. The van der Waals surface area contributed by atoms with Gasteiger partial charge in [0, 0.05) is 30.1 Å². The molecule has 8 nitrogen and oxygen atoms in total. The number of aryl methyl sites for hydroxylation is 1. The number of nitrogens with one attached hydrogen (secondary N) is 1. The average molecular weight is 444 g/mol. The Kier molecular flexibility index (Phi) is 5.44. The van der Waals surface area contributed by atoms with Crippen molar-refractivity contribution in [2.24, 2.45) is 0 Å². The molecule has 4 aromatic heterocycles. The topological polar surface area (TPSA) is 90.0 Å². The molecule has 154 valence electrons. The molecule has 0 radical (unpaired) electrons. The summed E-state index contributed by atoms with van der Waals surface area (Å²) in [6, 6.07) is 5.19. The number of nitrogens with zero attached hydrogens (tertiary/aromatic N) is 6. The highest BCUT2D eigenvalue weighted by Gasteiger charge is 2.33. The Balaban J connectivity index is 0.000000145. The molecule has 0 spiro atoms. The Labute approximate surface area is 182 Å². The molecule has 0 aromatic carbocycles. The van der Waals surface area contributed by atoms with Crippen LogP contribution in [0.15, 0.2) is 43.0 Å².